The largest absolute Gasteiger partial charge is 0.490 e. The van der Waals surface area contributed by atoms with Gasteiger partial charge >= 0.3 is 0 Å². The fraction of sp³-hybridized carbons (Fsp3) is 0.394. The van der Waals surface area contributed by atoms with Crippen molar-refractivity contribution in [1.82, 2.24) is 9.88 Å². The number of nitrogens with one attached hydrogen (secondary N) is 2. The van der Waals surface area contributed by atoms with Gasteiger partial charge in [-0.15, -0.1) is 11.3 Å². The van der Waals surface area contributed by atoms with E-state index in [2.05, 4.69) is 5.32 Å². The van der Waals surface area contributed by atoms with E-state index in [0.29, 0.717) is 83.5 Å². The Hall–Kier alpha value is -3.94. The lowest BCUT2D eigenvalue weighted by Crippen LogP contribution is -2.28. The first-order valence-corrected chi connectivity index (χ1v) is 16.0. The quantitative estimate of drug-likeness (QED) is 0.0623. The summed E-state index contributed by atoms with van der Waals surface area (Å²) in [5.74, 6) is 1.36. The number of benzene rings is 2. The highest BCUT2D eigenvalue weighted by Crippen LogP contribution is 2.29. The van der Waals surface area contributed by atoms with Crippen molar-refractivity contribution in [2.75, 3.05) is 59.3 Å². The summed E-state index contributed by atoms with van der Waals surface area (Å²) in [7, 11) is 0. The number of hydrogen-bond acceptors (Lipinski definition) is 9. The average molecular weight is 639 g/mol. The average Bonchev–Trinajstić information content (AvgIpc) is 3.63. The van der Waals surface area contributed by atoms with Crippen molar-refractivity contribution >= 4 is 33.3 Å². The summed E-state index contributed by atoms with van der Waals surface area (Å²) < 4.78 is 24.5. The van der Waals surface area contributed by atoms with Gasteiger partial charge in [0.25, 0.3) is 5.91 Å². The van der Waals surface area contributed by atoms with Crippen molar-refractivity contribution in [3.05, 3.63) is 82.4 Å². The summed E-state index contributed by atoms with van der Waals surface area (Å²) >= 11 is 1.61. The summed E-state index contributed by atoms with van der Waals surface area (Å²) in [6, 6.07) is 17.4. The number of rotatable bonds is 18. The molecule has 4 rings (SSSR count). The van der Waals surface area contributed by atoms with E-state index in [4.69, 9.17) is 41.6 Å². The summed E-state index contributed by atoms with van der Waals surface area (Å²) in [6.45, 7) is 9.59. The number of ether oxygens (including phenoxy) is 4. The summed E-state index contributed by atoms with van der Waals surface area (Å²) in [5, 5.41) is 12.8. The van der Waals surface area contributed by atoms with Crippen molar-refractivity contribution in [2.45, 2.75) is 26.8 Å². The first kappa shape index (κ1) is 35.5. The van der Waals surface area contributed by atoms with Crippen LogP contribution in [-0.2, 0) is 22.4 Å². The molecule has 2 heterocycles. The molecular weight excluding hydrogens is 592 g/mol. The van der Waals surface area contributed by atoms with E-state index in [9.17, 15) is 4.79 Å². The topological polar surface area (TPSA) is 173 Å². The van der Waals surface area contributed by atoms with Crippen LogP contribution in [0.15, 0.2) is 60.0 Å². The van der Waals surface area contributed by atoms with Gasteiger partial charge in [0.2, 0.25) is 0 Å². The highest BCUT2D eigenvalue weighted by Gasteiger charge is 2.17. The number of nitrogen functional groups attached to an aromatic ring is 1. The molecule has 0 atom stereocenters. The van der Waals surface area contributed by atoms with E-state index < -0.39 is 0 Å². The second-order valence-corrected chi connectivity index (χ2v) is 10.8. The standard InChI is InChI=1S/C27H30N4O3S.C6H16N2O2/c1-3-33-23-9-8-18(15-24(23)34-4-2)10-12-30-27(32)22-16-25-21(11-13-35-25)31(22)17-19-6-5-7-20(14-19)26(28)29;7-1-3-9-5-6-10-4-2-8/h5-9,11,13-16H,3-4,10,12,17H2,1-2H3,(H3,28,29)(H,30,32);1-8H2. The maximum atomic E-state index is 13.2. The molecule has 244 valence electrons. The predicted molar refractivity (Wildman–Crippen MR) is 181 cm³/mol. The molecule has 0 saturated heterocycles. The molecule has 0 saturated carbocycles. The summed E-state index contributed by atoms with van der Waals surface area (Å²) in [4.78, 5) is 13.2. The highest BCUT2D eigenvalue weighted by atomic mass is 32.1. The first-order chi connectivity index (χ1) is 21.9. The van der Waals surface area contributed by atoms with Gasteiger partial charge in [-0.1, -0.05) is 24.3 Å². The van der Waals surface area contributed by atoms with Gasteiger partial charge in [-0.3, -0.25) is 10.2 Å². The first-order valence-electron chi connectivity index (χ1n) is 15.1. The Labute approximate surface area is 269 Å². The Bertz CT molecular complexity index is 1480. The van der Waals surface area contributed by atoms with Crippen LogP contribution in [-0.4, -0.2) is 75.6 Å². The number of aromatic nitrogens is 1. The molecule has 2 aromatic carbocycles. The fourth-order valence-corrected chi connectivity index (χ4v) is 5.33. The van der Waals surface area contributed by atoms with Gasteiger partial charge in [0.05, 0.1) is 49.9 Å². The molecule has 45 heavy (non-hydrogen) atoms. The Morgan fingerprint density at radius 3 is 2.27 bits per heavy atom. The van der Waals surface area contributed by atoms with Crippen molar-refractivity contribution in [3.63, 3.8) is 0 Å². The molecule has 0 aliphatic heterocycles. The number of thiophene rings is 1. The van der Waals surface area contributed by atoms with E-state index in [1.54, 1.807) is 11.3 Å². The third-order valence-corrected chi connectivity index (χ3v) is 7.39. The number of carbonyl (C=O) groups excluding carboxylic acids is 1. The monoisotopic (exact) mass is 638 g/mol. The number of hydrogen-bond donors (Lipinski definition) is 5. The van der Waals surface area contributed by atoms with Crippen molar-refractivity contribution in [2.24, 2.45) is 17.2 Å². The molecule has 0 radical (unpaired) electrons. The van der Waals surface area contributed by atoms with Crippen LogP contribution in [0, 0.1) is 5.41 Å². The molecule has 0 aliphatic rings. The molecule has 0 bridgehead atoms. The summed E-state index contributed by atoms with van der Waals surface area (Å²) in [6.07, 6.45) is 0.675. The van der Waals surface area contributed by atoms with Crippen LogP contribution in [0.5, 0.6) is 11.5 Å². The van der Waals surface area contributed by atoms with E-state index in [0.717, 1.165) is 32.8 Å². The zero-order valence-corrected chi connectivity index (χ0v) is 27.0. The zero-order chi connectivity index (χ0) is 32.4. The molecule has 11 nitrogen and oxygen atoms in total. The number of nitrogens with two attached hydrogens (primary N) is 3. The van der Waals surface area contributed by atoms with Crippen LogP contribution in [0.1, 0.15) is 41.0 Å². The number of carbonyl (C=O) groups is 1. The molecule has 1 amide bonds. The van der Waals surface area contributed by atoms with Gasteiger partial charge < -0.3 is 46.0 Å². The molecule has 0 aliphatic carbocycles. The van der Waals surface area contributed by atoms with Gasteiger partial charge in [-0.25, -0.2) is 0 Å². The molecule has 4 aromatic rings. The SMILES string of the molecule is CCOc1ccc(CCNC(=O)c2cc3sccc3n2Cc2cccc(C(=N)N)c2)cc1OCC.NCCOCCOCCN. The molecule has 12 heteroatoms. The number of amides is 1. The lowest BCUT2D eigenvalue weighted by molar-refractivity contribution is 0.0538. The van der Waals surface area contributed by atoms with Crippen LogP contribution < -0.4 is 32.0 Å². The van der Waals surface area contributed by atoms with Crippen LogP contribution in [0.3, 0.4) is 0 Å². The predicted octanol–water partition coefficient (Wildman–Crippen LogP) is 3.74. The zero-order valence-electron chi connectivity index (χ0n) is 26.2. The number of nitrogens with zero attached hydrogens (tertiary/aromatic N) is 1. The minimum absolute atomic E-state index is 0.0276. The Morgan fingerprint density at radius 1 is 0.889 bits per heavy atom. The maximum Gasteiger partial charge on any atom is 0.267 e. The second kappa shape index (κ2) is 19.4. The van der Waals surface area contributed by atoms with E-state index in [-0.39, 0.29) is 11.7 Å². The van der Waals surface area contributed by atoms with E-state index >= 15 is 0 Å². The minimum atomic E-state index is -0.118. The van der Waals surface area contributed by atoms with Crippen molar-refractivity contribution < 1.29 is 23.7 Å². The normalized spacial score (nSPS) is 10.8. The molecule has 0 unspecified atom stereocenters. The number of fused-ring (bicyclic) bond motifs is 1. The smallest absolute Gasteiger partial charge is 0.267 e. The number of amidine groups is 1. The highest BCUT2D eigenvalue weighted by molar-refractivity contribution is 7.17. The van der Waals surface area contributed by atoms with Gasteiger partial charge in [0.1, 0.15) is 11.5 Å². The molecule has 2 aromatic heterocycles. The molecule has 0 fully saturated rings. The molecule has 8 N–H and O–H groups in total. The maximum absolute atomic E-state index is 13.2. The lowest BCUT2D eigenvalue weighted by Gasteiger charge is -2.13. The third kappa shape index (κ3) is 11.2. The lowest BCUT2D eigenvalue weighted by atomic mass is 10.1. The Kier molecular flexibility index (Phi) is 15.4. The minimum Gasteiger partial charge on any atom is -0.490 e. The van der Waals surface area contributed by atoms with Crippen LogP contribution in [0.4, 0.5) is 0 Å². The van der Waals surface area contributed by atoms with Crippen LogP contribution >= 0.6 is 11.3 Å². The summed E-state index contributed by atoms with van der Waals surface area (Å²) in [5.41, 5.74) is 20.4. The van der Waals surface area contributed by atoms with Crippen molar-refractivity contribution in [3.8, 4) is 11.5 Å². The Balaban J connectivity index is 0.000000477. The van der Waals surface area contributed by atoms with E-state index in [1.165, 1.54) is 0 Å². The Morgan fingerprint density at radius 2 is 1.60 bits per heavy atom. The van der Waals surface area contributed by atoms with Gasteiger partial charge in [-0.2, -0.15) is 0 Å². The van der Waals surface area contributed by atoms with Gasteiger partial charge in [0.15, 0.2) is 11.5 Å². The van der Waals surface area contributed by atoms with Crippen molar-refractivity contribution in [1.29, 1.82) is 5.41 Å². The van der Waals surface area contributed by atoms with Crippen LogP contribution in [0.2, 0.25) is 0 Å². The van der Waals surface area contributed by atoms with Gasteiger partial charge in [-0.05, 0) is 67.1 Å². The molecule has 0 spiro atoms. The van der Waals surface area contributed by atoms with E-state index in [1.807, 2.05) is 78.4 Å². The third-order valence-electron chi connectivity index (χ3n) is 6.54. The molecular formula is C33H46N6O5S. The van der Waals surface area contributed by atoms with Crippen LogP contribution in [0.25, 0.3) is 10.2 Å². The second-order valence-electron chi connectivity index (χ2n) is 9.85. The van der Waals surface area contributed by atoms with Gasteiger partial charge in [0, 0.05) is 31.7 Å². The fourth-order valence-electron chi connectivity index (χ4n) is 4.51.